The monoisotopic (exact) mass is 425 g/mol. The van der Waals surface area contributed by atoms with Crippen LogP contribution in [0.15, 0.2) is 52.6 Å². The third-order valence-corrected chi connectivity index (χ3v) is 4.35. The van der Waals surface area contributed by atoms with Crippen LogP contribution in [0.4, 0.5) is 26.3 Å². The number of hydrogen-bond acceptors (Lipinski definition) is 4. The van der Waals surface area contributed by atoms with Gasteiger partial charge >= 0.3 is 12.5 Å². The summed E-state index contributed by atoms with van der Waals surface area (Å²) < 4.78 is 79.7. The molecule has 0 aromatic rings. The van der Waals surface area contributed by atoms with E-state index in [-0.39, 0.29) is 29.6 Å². The molecular formula is C19H25F6N3O. The van der Waals surface area contributed by atoms with Gasteiger partial charge in [-0.3, -0.25) is 4.99 Å². The molecule has 0 amide bonds. The van der Waals surface area contributed by atoms with E-state index in [0.717, 1.165) is 6.08 Å². The summed E-state index contributed by atoms with van der Waals surface area (Å²) >= 11 is 0. The van der Waals surface area contributed by atoms with Crippen LogP contribution >= 0.6 is 0 Å². The lowest BCUT2D eigenvalue weighted by molar-refractivity contribution is -0.303. The van der Waals surface area contributed by atoms with Gasteiger partial charge in [-0.25, -0.2) is 0 Å². The molecule has 0 unspecified atom stereocenters. The number of rotatable bonds is 9. The average molecular weight is 425 g/mol. The molecule has 0 heterocycles. The van der Waals surface area contributed by atoms with Gasteiger partial charge in [-0.05, 0) is 38.5 Å². The molecule has 4 nitrogen and oxygen atoms in total. The molecule has 0 aliphatic heterocycles. The minimum absolute atomic E-state index is 0.0613. The lowest BCUT2D eigenvalue weighted by Crippen LogP contribution is -2.42. The Morgan fingerprint density at radius 3 is 2.21 bits per heavy atom. The van der Waals surface area contributed by atoms with E-state index >= 15 is 0 Å². The number of nitrogens with two attached hydrogens (primary N) is 1. The van der Waals surface area contributed by atoms with Crippen LogP contribution in [0, 0.1) is 5.92 Å². The minimum atomic E-state index is -4.97. The highest BCUT2D eigenvalue weighted by atomic mass is 19.4. The second-order valence-electron chi connectivity index (χ2n) is 6.90. The summed E-state index contributed by atoms with van der Waals surface area (Å²) in [4.78, 5) is 5.26. The number of aliphatic imine (C=N–C) groups is 1. The summed E-state index contributed by atoms with van der Waals surface area (Å²) in [5.74, 6) is -0.285. The van der Waals surface area contributed by atoms with Crippen LogP contribution in [-0.4, -0.2) is 36.7 Å². The molecule has 2 N–H and O–H groups in total. The fourth-order valence-electron chi connectivity index (χ4n) is 2.83. The molecule has 0 aromatic heterocycles. The lowest BCUT2D eigenvalue weighted by atomic mass is 9.81. The first-order chi connectivity index (χ1) is 13.3. The maximum absolute atomic E-state index is 12.7. The van der Waals surface area contributed by atoms with Crippen molar-refractivity contribution in [3.63, 3.8) is 0 Å². The normalized spacial score (nSPS) is 21.8. The summed E-state index contributed by atoms with van der Waals surface area (Å²) in [7, 11) is 0. The van der Waals surface area contributed by atoms with Gasteiger partial charge in [0, 0.05) is 30.1 Å². The van der Waals surface area contributed by atoms with E-state index in [9.17, 15) is 26.3 Å². The SMILES string of the molecule is C=CC(=C\C(OC(F)(F)F)=C(/C)N)/C(=C/N(CCC(F)(F)F)C1CC(C)C1)N=C. The molecule has 1 aliphatic rings. The standard InChI is InChI=1S/C19H25F6N3O/c1-5-14(10-17(13(3)26)29-19(23,24)25)16(27-4)11-28(7-6-18(20,21)22)15-8-12(2)9-15/h5,10-12,15H,1,4,6-9,26H2,2-3H3/b14-10+,16-11-,17-13-. The molecule has 29 heavy (non-hydrogen) atoms. The fourth-order valence-corrected chi connectivity index (χ4v) is 2.83. The molecule has 0 saturated heterocycles. The Labute approximate surface area is 166 Å². The van der Waals surface area contributed by atoms with Gasteiger partial charge in [0.1, 0.15) is 5.76 Å². The summed E-state index contributed by atoms with van der Waals surface area (Å²) in [6.07, 6.45) is -5.39. The molecule has 1 aliphatic carbocycles. The summed E-state index contributed by atoms with van der Waals surface area (Å²) in [6.45, 7) is 9.80. The van der Waals surface area contributed by atoms with E-state index < -0.39 is 24.7 Å². The first-order valence-electron chi connectivity index (χ1n) is 8.83. The topological polar surface area (TPSA) is 50.9 Å². The van der Waals surface area contributed by atoms with Crippen molar-refractivity contribution in [1.29, 1.82) is 0 Å². The van der Waals surface area contributed by atoms with E-state index in [2.05, 4.69) is 23.0 Å². The van der Waals surface area contributed by atoms with E-state index in [1.165, 1.54) is 24.1 Å². The summed E-state index contributed by atoms with van der Waals surface area (Å²) in [5.41, 5.74) is 5.35. The molecule has 1 saturated carbocycles. The van der Waals surface area contributed by atoms with Gasteiger partial charge in [-0.1, -0.05) is 19.6 Å². The van der Waals surface area contributed by atoms with Crippen molar-refractivity contribution in [3.05, 3.63) is 47.7 Å². The first kappa shape index (κ1) is 24.6. The molecule has 0 aromatic carbocycles. The van der Waals surface area contributed by atoms with Crippen molar-refractivity contribution < 1.29 is 31.1 Å². The van der Waals surface area contributed by atoms with Crippen LogP contribution < -0.4 is 5.73 Å². The summed E-state index contributed by atoms with van der Waals surface area (Å²) in [5, 5.41) is 0. The third-order valence-electron chi connectivity index (χ3n) is 4.35. The highest BCUT2D eigenvalue weighted by Crippen LogP contribution is 2.34. The van der Waals surface area contributed by atoms with Gasteiger partial charge in [0.25, 0.3) is 0 Å². The minimum Gasteiger partial charge on any atom is -0.404 e. The van der Waals surface area contributed by atoms with Crippen LogP contribution in [0.1, 0.15) is 33.1 Å². The van der Waals surface area contributed by atoms with Crippen LogP contribution in [0.25, 0.3) is 0 Å². The molecule has 1 fully saturated rings. The fraction of sp³-hybridized carbons (Fsp3) is 0.526. The van der Waals surface area contributed by atoms with Crippen LogP contribution in [0.2, 0.25) is 0 Å². The predicted octanol–water partition coefficient (Wildman–Crippen LogP) is 5.42. The molecule has 1 rings (SSSR count). The number of allylic oxidation sites excluding steroid dienone is 3. The van der Waals surface area contributed by atoms with E-state index in [1.807, 2.05) is 6.92 Å². The van der Waals surface area contributed by atoms with Crippen molar-refractivity contribution in [2.75, 3.05) is 6.54 Å². The zero-order chi connectivity index (χ0) is 22.4. The first-order valence-corrected chi connectivity index (χ1v) is 8.83. The number of alkyl halides is 6. The van der Waals surface area contributed by atoms with Crippen LogP contribution in [-0.2, 0) is 4.74 Å². The quantitative estimate of drug-likeness (QED) is 0.232. The Bertz CT molecular complexity index is 681. The number of halogens is 6. The Kier molecular flexibility index (Phi) is 8.40. The molecule has 0 radical (unpaired) electrons. The predicted molar refractivity (Wildman–Crippen MR) is 99.5 cm³/mol. The number of nitrogens with zero attached hydrogens (tertiary/aromatic N) is 2. The number of ether oxygens (including phenoxy) is 1. The average Bonchev–Trinajstić information content (AvgIpc) is 2.55. The van der Waals surface area contributed by atoms with Crippen molar-refractivity contribution in [3.8, 4) is 0 Å². The Morgan fingerprint density at radius 1 is 1.24 bits per heavy atom. The van der Waals surface area contributed by atoms with Crippen LogP contribution in [0.3, 0.4) is 0 Å². The smallest absolute Gasteiger partial charge is 0.404 e. The van der Waals surface area contributed by atoms with Gasteiger partial charge in [-0.2, -0.15) is 13.2 Å². The lowest BCUT2D eigenvalue weighted by Gasteiger charge is -2.41. The summed E-state index contributed by atoms with van der Waals surface area (Å²) in [6, 6.07) is -0.118. The second-order valence-corrected chi connectivity index (χ2v) is 6.90. The van der Waals surface area contributed by atoms with E-state index in [1.54, 1.807) is 0 Å². The molecule has 0 bridgehead atoms. The Balaban J connectivity index is 3.23. The van der Waals surface area contributed by atoms with Crippen molar-refractivity contribution in [2.45, 2.75) is 51.7 Å². The van der Waals surface area contributed by atoms with Crippen molar-refractivity contribution in [2.24, 2.45) is 16.6 Å². The Hall–Kier alpha value is -2.39. The molecular weight excluding hydrogens is 400 g/mol. The highest BCUT2D eigenvalue weighted by Gasteiger charge is 2.34. The van der Waals surface area contributed by atoms with Gasteiger partial charge in [0.15, 0.2) is 0 Å². The Morgan fingerprint density at radius 2 is 1.83 bits per heavy atom. The molecule has 0 spiro atoms. The van der Waals surface area contributed by atoms with Crippen molar-refractivity contribution in [1.82, 2.24) is 4.90 Å². The highest BCUT2D eigenvalue weighted by molar-refractivity contribution is 5.46. The van der Waals surface area contributed by atoms with Gasteiger partial charge in [-0.15, -0.1) is 13.2 Å². The maximum Gasteiger partial charge on any atom is 0.573 e. The third kappa shape index (κ3) is 8.66. The zero-order valence-electron chi connectivity index (χ0n) is 16.3. The molecule has 0 atom stereocenters. The van der Waals surface area contributed by atoms with Crippen LogP contribution in [0.5, 0.6) is 0 Å². The maximum atomic E-state index is 12.7. The van der Waals surface area contributed by atoms with Gasteiger partial charge in [0.2, 0.25) is 0 Å². The van der Waals surface area contributed by atoms with E-state index in [4.69, 9.17) is 5.73 Å². The molecule has 164 valence electrons. The number of hydrogen-bond donors (Lipinski definition) is 1. The second kappa shape index (κ2) is 9.89. The van der Waals surface area contributed by atoms with Gasteiger partial charge < -0.3 is 15.4 Å². The van der Waals surface area contributed by atoms with Gasteiger partial charge in [0.05, 0.1) is 12.1 Å². The van der Waals surface area contributed by atoms with Crippen molar-refractivity contribution >= 4 is 6.72 Å². The zero-order valence-corrected chi connectivity index (χ0v) is 16.3. The molecule has 10 heteroatoms. The van der Waals surface area contributed by atoms with E-state index in [0.29, 0.717) is 18.8 Å². The largest absolute Gasteiger partial charge is 0.573 e.